The van der Waals surface area contributed by atoms with Crippen LogP contribution in [0.3, 0.4) is 0 Å². The van der Waals surface area contributed by atoms with Crippen molar-refractivity contribution in [1.82, 2.24) is 24.3 Å². The number of nitrogens with zero attached hydrogens (tertiary/aromatic N) is 5. The predicted molar refractivity (Wildman–Crippen MR) is 207 cm³/mol. The van der Waals surface area contributed by atoms with Gasteiger partial charge in [0.15, 0.2) is 0 Å². The molecule has 6 aromatic rings. The van der Waals surface area contributed by atoms with Gasteiger partial charge in [-0.15, -0.1) is 0 Å². The minimum atomic E-state index is -0.889. The van der Waals surface area contributed by atoms with Gasteiger partial charge in [0.1, 0.15) is 34.5 Å². The number of amides is 1. The zero-order chi connectivity index (χ0) is 37.8. The normalized spacial score (nSPS) is 13.7. The number of piperidine rings is 1. The highest BCUT2D eigenvalue weighted by molar-refractivity contribution is 6.07. The predicted octanol–water partition coefficient (Wildman–Crippen LogP) is 8.98. The van der Waals surface area contributed by atoms with Crippen LogP contribution in [0.4, 0.5) is 26.1 Å². The van der Waals surface area contributed by atoms with Gasteiger partial charge in [-0.1, -0.05) is 32.0 Å². The van der Waals surface area contributed by atoms with Gasteiger partial charge in [-0.3, -0.25) is 9.20 Å². The number of anilines is 3. The number of hydrogen-bond acceptors (Lipinski definition) is 8. The van der Waals surface area contributed by atoms with E-state index >= 15 is 0 Å². The molecular weight excluding hydrogens is 689 g/mol. The average Bonchev–Trinajstić information content (AvgIpc) is 3.57. The SMILES string of the molecule is CCOc1ccc(-c2nc3ccccn3c2-c2ccnc(Nc3ccc(C4CCN(CC(C)C)CC4)cc3OC)n2)cc1C(=O)Nc1c(F)cccc1F. The third-order valence-electron chi connectivity index (χ3n) is 9.58. The molecule has 0 spiro atoms. The van der Waals surface area contributed by atoms with Crippen LogP contribution < -0.4 is 20.1 Å². The number of para-hydroxylation sites is 1. The second kappa shape index (κ2) is 16.0. The number of carbonyl (C=O) groups excluding carboxylic acids is 1. The van der Waals surface area contributed by atoms with E-state index in [0.29, 0.717) is 51.8 Å². The minimum absolute atomic E-state index is 0.0849. The number of benzene rings is 3. The Morgan fingerprint density at radius 3 is 2.48 bits per heavy atom. The first kappa shape index (κ1) is 36.5. The van der Waals surface area contributed by atoms with Gasteiger partial charge >= 0.3 is 0 Å². The molecule has 2 N–H and O–H groups in total. The van der Waals surface area contributed by atoms with Crippen LogP contribution in [-0.4, -0.2) is 63.5 Å². The Morgan fingerprint density at radius 2 is 1.74 bits per heavy atom. The number of likely N-dealkylation sites (tertiary alicyclic amines) is 1. The Morgan fingerprint density at radius 1 is 0.944 bits per heavy atom. The molecule has 54 heavy (non-hydrogen) atoms. The van der Waals surface area contributed by atoms with Crippen LogP contribution in [-0.2, 0) is 0 Å². The highest BCUT2D eigenvalue weighted by Gasteiger charge is 2.24. The lowest BCUT2D eigenvalue weighted by Gasteiger charge is -2.33. The van der Waals surface area contributed by atoms with Crippen LogP contribution in [0.5, 0.6) is 11.5 Å². The zero-order valence-electron chi connectivity index (χ0n) is 30.8. The molecule has 1 aliphatic rings. The molecule has 0 saturated carbocycles. The van der Waals surface area contributed by atoms with Crippen LogP contribution in [0.1, 0.15) is 55.5 Å². The highest BCUT2D eigenvalue weighted by atomic mass is 19.1. The van der Waals surface area contributed by atoms with Gasteiger partial charge in [-0.2, -0.15) is 0 Å². The zero-order valence-corrected chi connectivity index (χ0v) is 30.8. The Bertz CT molecular complexity index is 2260. The number of pyridine rings is 1. The van der Waals surface area contributed by atoms with Crippen molar-refractivity contribution in [2.24, 2.45) is 5.92 Å². The first-order valence-corrected chi connectivity index (χ1v) is 18.2. The lowest BCUT2D eigenvalue weighted by atomic mass is 9.89. The molecule has 10 nitrogen and oxygen atoms in total. The van der Waals surface area contributed by atoms with E-state index in [0.717, 1.165) is 50.3 Å². The third kappa shape index (κ3) is 7.74. The number of halogens is 2. The molecule has 12 heteroatoms. The van der Waals surface area contributed by atoms with Crippen molar-refractivity contribution in [1.29, 1.82) is 0 Å². The van der Waals surface area contributed by atoms with Crippen LogP contribution >= 0.6 is 0 Å². The number of hydrogen-bond donors (Lipinski definition) is 2. The summed E-state index contributed by atoms with van der Waals surface area (Å²) in [7, 11) is 1.66. The van der Waals surface area contributed by atoms with Crippen LogP contribution in [0.2, 0.25) is 0 Å². The van der Waals surface area contributed by atoms with Gasteiger partial charge in [0, 0.05) is 24.5 Å². The minimum Gasteiger partial charge on any atom is -0.495 e. The van der Waals surface area contributed by atoms with Crippen molar-refractivity contribution < 1.29 is 23.0 Å². The summed E-state index contributed by atoms with van der Waals surface area (Å²) >= 11 is 0. The van der Waals surface area contributed by atoms with E-state index < -0.39 is 23.2 Å². The van der Waals surface area contributed by atoms with Gasteiger partial charge in [0.25, 0.3) is 5.91 Å². The number of carbonyl (C=O) groups is 1. The molecule has 7 rings (SSSR count). The van der Waals surface area contributed by atoms with Gasteiger partial charge < -0.3 is 25.0 Å². The lowest BCUT2D eigenvalue weighted by Crippen LogP contribution is -2.35. The summed E-state index contributed by atoms with van der Waals surface area (Å²) in [5.41, 5.74) is 4.50. The van der Waals surface area contributed by atoms with E-state index in [4.69, 9.17) is 19.4 Å². The highest BCUT2D eigenvalue weighted by Crippen LogP contribution is 2.37. The lowest BCUT2D eigenvalue weighted by molar-refractivity contribution is 0.102. The number of imidazole rings is 1. The van der Waals surface area contributed by atoms with E-state index in [9.17, 15) is 13.6 Å². The van der Waals surface area contributed by atoms with Crippen molar-refractivity contribution in [3.05, 3.63) is 114 Å². The second-order valence-electron chi connectivity index (χ2n) is 13.8. The van der Waals surface area contributed by atoms with Crippen molar-refractivity contribution in [3.63, 3.8) is 0 Å². The van der Waals surface area contributed by atoms with Crippen LogP contribution in [0.15, 0.2) is 91.3 Å². The molecule has 3 aromatic heterocycles. The number of aromatic nitrogens is 4. The number of rotatable bonds is 12. The smallest absolute Gasteiger partial charge is 0.259 e. The Balaban J connectivity index is 1.20. The molecule has 4 heterocycles. The van der Waals surface area contributed by atoms with Gasteiger partial charge in [0.2, 0.25) is 5.95 Å². The maximum Gasteiger partial charge on any atom is 0.259 e. The third-order valence-corrected chi connectivity index (χ3v) is 9.58. The van der Waals surface area contributed by atoms with E-state index in [1.807, 2.05) is 34.9 Å². The quantitative estimate of drug-likeness (QED) is 0.129. The van der Waals surface area contributed by atoms with Gasteiger partial charge in [-0.25, -0.2) is 23.7 Å². The molecule has 1 aliphatic heterocycles. The molecule has 0 unspecified atom stereocenters. The first-order valence-electron chi connectivity index (χ1n) is 18.2. The fourth-order valence-corrected chi connectivity index (χ4v) is 7.08. The average molecular weight is 732 g/mol. The van der Waals surface area contributed by atoms with E-state index in [1.54, 1.807) is 44.5 Å². The molecule has 0 radical (unpaired) electrons. The molecule has 0 atom stereocenters. The van der Waals surface area contributed by atoms with Crippen molar-refractivity contribution in [2.75, 3.05) is 44.0 Å². The number of methoxy groups -OCH3 is 1. The van der Waals surface area contributed by atoms with Crippen LogP contribution in [0.25, 0.3) is 28.3 Å². The Hall–Kier alpha value is -5.88. The fourth-order valence-electron chi connectivity index (χ4n) is 7.08. The monoisotopic (exact) mass is 731 g/mol. The van der Waals surface area contributed by atoms with Crippen molar-refractivity contribution in [2.45, 2.75) is 39.5 Å². The van der Waals surface area contributed by atoms with E-state index in [2.05, 4.69) is 46.5 Å². The summed E-state index contributed by atoms with van der Waals surface area (Å²) in [5, 5.41) is 5.73. The molecule has 278 valence electrons. The fraction of sp³-hybridized carbons (Fsp3) is 0.286. The Kier molecular flexibility index (Phi) is 10.8. The molecule has 1 amide bonds. The maximum atomic E-state index is 14.5. The van der Waals surface area contributed by atoms with Crippen LogP contribution in [0, 0.1) is 17.6 Å². The van der Waals surface area contributed by atoms with Gasteiger partial charge in [-0.05, 0) is 111 Å². The summed E-state index contributed by atoms with van der Waals surface area (Å²) < 4.78 is 42.5. The molecule has 3 aromatic carbocycles. The number of nitrogens with one attached hydrogen (secondary N) is 2. The molecule has 0 bridgehead atoms. The summed E-state index contributed by atoms with van der Waals surface area (Å²) in [6.45, 7) is 9.91. The molecule has 0 aliphatic carbocycles. The van der Waals surface area contributed by atoms with E-state index in [-0.39, 0.29) is 17.9 Å². The van der Waals surface area contributed by atoms with Crippen molar-refractivity contribution in [3.8, 4) is 34.1 Å². The first-order chi connectivity index (χ1) is 26.2. The number of ether oxygens (including phenoxy) is 2. The topological polar surface area (TPSA) is 106 Å². The molecular formula is C42H43F2N7O3. The largest absolute Gasteiger partial charge is 0.495 e. The summed E-state index contributed by atoms with van der Waals surface area (Å²) in [4.78, 5) is 30.5. The molecule has 1 saturated heterocycles. The summed E-state index contributed by atoms with van der Waals surface area (Å²) in [5.74, 6) is -0.0656. The van der Waals surface area contributed by atoms with E-state index in [1.165, 1.54) is 11.6 Å². The standard InChI is InChI=1S/C42H43F2N7O3/c1-5-54-35-15-13-29(23-30(35)41(52)49-39-31(43)9-8-10-32(39)44)38-40(51-20-7-6-11-37(51)48-38)34-16-19-45-42(47-34)46-33-14-12-28(24-36(33)53-4)27-17-21-50(22-18-27)25-26(2)3/h6-16,19-20,23-24,26-27H,5,17-18,21-22,25H2,1-4H3,(H,49,52)(H,45,46,47). The summed E-state index contributed by atoms with van der Waals surface area (Å²) in [6.07, 6.45) is 5.78. The second-order valence-corrected chi connectivity index (χ2v) is 13.8. The number of fused-ring (bicyclic) bond motifs is 1. The Labute approximate surface area is 313 Å². The van der Waals surface area contributed by atoms with Gasteiger partial charge in [0.05, 0.1) is 42.0 Å². The van der Waals surface area contributed by atoms with Crippen molar-refractivity contribution >= 4 is 28.9 Å². The maximum absolute atomic E-state index is 14.5. The molecule has 1 fully saturated rings. The summed E-state index contributed by atoms with van der Waals surface area (Å²) in [6, 6.07) is 22.2.